The Hall–Kier alpha value is -3.59. The van der Waals surface area contributed by atoms with E-state index in [1.54, 1.807) is 18.2 Å². The number of alkyl halides is 3. The molecule has 1 heterocycles. The Morgan fingerprint density at radius 3 is 2.62 bits per heavy atom. The molecule has 5 nitrogen and oxygen atoms in total. The Kier molecular flexibility index (Phi) is 5.75. The Balaban J connectivity index is 1.54. The molecule has 0 aliphatic heterocycles. The van der Waals surface area contributed by atoms with Gasteiger partial charge < -0.3 is 10.1 Å². The Morgan fingerprint density at radius 1 is 1.09 bits per heavy atom. The fourth-order valence-electron chi connectivity index (χ4n) is 3.08. The average Bonchev–Trinajstić information content (AvgIpc) is 3.15. The van der Waals surface area contributed by atoms with Crippen LogP contribution in [0.3, 0.4) is 0 Å². The predicted molar refractivity (Wildman–Crippen MR) is 111 cm³/mol. The lowest BCUT2D eigenvalue weighted by Gasteiger charge is -2.13. The zero-order valence-electron chi connectivity index (χ0n) is 16.1. The summed E-state index contributed by atoms with van der Waals surface area (Å²) in [6, 6.07) is 13.4. The number of benzene rings is 3. The summed E-state index contributed by atoms with van der Waals surface area (Å²) in [5.74, 6) is -0.754. The third-order valence-corrected chi connectivity index (χ3v) is 4.95. The molecule has 0 saturated heterocycles. The van der Waals surface area contributed by atoms with Crippen molar-refractivity contribution in [3.8, 4) is 5.75 Å². The number of carbonyl (C=O) groups excluding carboxylic acids is 1. The first-order valence-corrected chi connectivity index (χ1v) is 9.62. The highest BCUT2D eigenvalue weighted by molar-refractivity contribution is 6.31. The fourth-order valence-corrected chi connectivity index (χ4v) is 3.26. The first-order chi connectivity index (χ1) is 15.2. The number of aromatic amines is 1. The van der Waals surface area contributed by atoms with E-state index >= 15 is 0 Å². The smallest absolute Gasteiger partial charge is 0.416 e. The van der Waals surface area contributed by atoms with E-state index in [0.29, 0.717) is 10.9 Å². The topological polar surface area (TPSA) is 67.0 Å². The van der Waals surface area contributed by atoms with Gasteiger partial charge >= 0.3 is 6.18 Å². The molecule has 4 aromatic rings. The lowest BCUT2D eigenvalue weighted by atomic mass is 10.1. The Morgan fingerprint density at radius 2 is 1.88 bits per heavy atom. The van der Waals surface area contributed by atoms with Crippen LogP contribution in [0.1, 0.15) is 21.5 Å². The van der Waals surface area contributed by atoms with Crippen LogP contribution in [0.2, 0.25) is 5.02 Å². The summed E-state index contributed by atoms with van der Waals surface area (Å²) >= 11 is 5.72. The second-order valence-corrected chi connectivity index (χ2v) is 7.21. The van der Waals surface area contributed by atoms with E-state index in [9.17, 15) is 22.4 Å². The van der Waals surface area contributed by atoms with Crippen LogP contribution >= 0.6 is 11.6 Å². The van der Waals surface area contributed by atoms with E-state index in [0.717, 1.165) is 12.1 Å². The third kappa shape index (κ3) is 4.52. The number of fused-ring (bicyclic) bond motifs is 1. The number of hydrogen-bond donors (Lipinski definition) is 2. The monoisotopic (exact) mass is 463 g/mol. The number of halogens is 5. The maximum Gasteiger partial charge on any atom is 0.416 e. The minimum Gasteiger partial charge on any atom is -0.489 e. The number of nitrogens with zero attached hydrogens (tertiary/aromatic N) is 1. The number of hydrogen-bond acceptors (Lipinski definition) is 3. The van der Waals surface area contributed by atoms with Crippen molar-refractivity contribution in [2.45, 2.75) is 12.8 Å². The van der Waals surface area contributed by atoms with Crippen molar-refractivity contribution in [2.75, 3.05) is 5.32 Å². The average molecular weight is 464 g/mol. The van der Waals surface area contributed by atoms with Gasteiger partial charge in [-0.15, -0.1) is 0 Å². The van der Waals surface area contributed by atoms with Crippen LogP contribution in [-0.2, 0) is 12.8 Å². The molecule has 0 saturated carbocycles. The molecule has 32 heavy (non-hydrogen) atoms. The normalized spacial score (nSPS) is 11.5. The second kappa shape index (κ2) is 8.51. The van der Waals surface area contributed by atoms with Crippen LogP contribution in [0.15, 0.2) is 60.7 Å². The number of aromatic nitrogens is 2. The van der Waals surface area contributed by atoms with Gasteiger partial charge in [-0.05, 0) is 42.5 Å². The van der Waals surface area contributed by atoms with E-state index in [4.69, 9.17) is 16.3 Å². The number of ether oxygens (including phenoxy) is 1. The van der Waals surface area contributed by atoms with Crippen molar-refractivity contribution in [3.05, 3.63) is 88.2 Å². The Labute approximate surface area is 184 Å². The summed E-state index contributed by atoms with van der Waals surface area (Å²) < 4.78 is 58.4. The number of H-pyrrole nitrogens is 1. The van der Waals surface area contributed by atoms with Crippen LogP contribution < -0.4 is 10.1 Å². The third-order valence-electron chi connectivity index (χ3n) is 4.67. The quantitative estimate of drug-likeness (QED) is 0.346. The number of rotatable bonds is 5. The van der Waals surface area contributed by atoms with Gasteiger partial charge in [-0.1, -0.05) is 29.8 Å². The summed E-state index contributed by atoms with van der Waals surface area (Å²) in [5.41, 5.74) is -0.0755. The van der Waals surface area contributed by atoms with Gasteiger partial charge in [0.1, 0.15) is 18.2 Å². The lowest BCUT2D eigenvalue weighted by molar-refractivity contribution is -0.138. The standard InChI is InChI=1S/C22H14ClF4N3O2/c23-17-9-12(5-7-18(17)24)21(31)28-20-15-10-14(6-8-19(15)29-30-20)32-11-13-3-1-2-4-16(13)22(25,26)27/h1-10H,11H2,(H2,28,29,30,31). The molecular formula is C22H14ClF4N3O2. The highest BCUT2D eigenvalue weighted by Gasteiger charge is 2.33. The molecule has 0 fully saturated rings. The molecule has 0 aliphatic carbocycles. The van der Waals surface area contributed by atoms with Gasteiger partial charge in [0.25, 0.3) is 5.91 Å². The van der Waals surface area contributed by atoms with E-state index in [1.807, 2.05) is 0 Å². The molecule has 0 bridgehead atoms. The van der Waals surface area contributed by atoms with E-state index < -0.39 is 23.5 Å². The van der Waals surface area contributed by atoms with Crippen molar-refractivity contribution in [2.24, 2.45) is 0 Å². The molecule has 0 aliphatic rings. The molecule has 10 heteroatoms. The summed E-state index contributed by atoms with van der Waals surface area (Å²) in [4.78, 5) is 12.5. The van der Waals surface area contributed by atoms with E-state index in [2.05, 4.69) is 15.5 Å². The number of carbonyl (C=O) groups is 1. The Bertz CT molecular complexity index is 1300. The highest BCUT2D eigenvalue weighted by Crippen LogP contribution is 2.33. The molecule has 0 unspecified atom stereocenters. The molecular weight excluding hydrogens is 450 g/mol. The molecule has 164 valence electrons. The van der Waals surface area contributed by atoms with Crippen molar-refractivity contribution >= 4 is 34.2 Å². The molecule has 2 N–H and O–H groups in total. The summed E-state index contributed by atoms with van der Waals surface area (Å²) in [7, 11) is 0. The molecule has 4 rings (SSSR count). The summed E-state index contributed by atoms with van der Waals surface area (Å²) in [6.45, 7) is -0.297. The van der Waals surface area contributed by atoms with Gasteiger partial charge in [0.15, 0.2) is 5.82 Å². The van der Waals surface area contributed by atoms with Gasteiger partial charge in [-0.3, -0.25) is 9.89 Å². The van der Waals surface area contributed by atoms with E-state index in [-0.39, 0.29) is 34.3 Å². The highest BCUT2D eigenvalue weighted by atomic mass is 35.5. The largest absolute Gasteiger partial charge is 0.489 e. The lowest BCUT2D eigenvalue weighted by Crippen LogP contribution is -2.12. The van der Waals surface area contributed by atoms with Crippen molar-refractivity contribution < 1.29 is 27.1 Å². The van der Waals surface area contributed by atoms with Gasteiger partial charge in [-0.25, -0.2) is 4.39 Å². The zero-order valence-corrected chi connectivity index (χ0v) is 16.9. The van der Waals surface area contributed by atoms with Gasteiger partial charge in [0.05, 0.1) is 16.1 Å². The van der Waals surface area contributed by atoms with Crippen LogP contribution in [0.4, 0.5) is 23.4 Å². The van der Waals surface area contributed by atoms with Gasteiger partial charge in [-0.2, -0.15) is 18.3 Å². The number of nitrogens with one attached hydrogen (secondary N) is 2. The molecule has 1 aromatic heterocycles. The summed E-state index contributed by atoms with van der Waals surface area (Å²) in [6.07, 6.45) is -4.49. The second-order valence-electron chi connectivity index (χ2n) is 6.81. The number of anilines is 1. The van der Waals surface area contributed by atoms with Gasteiger partial charge in [0.2, 0.25) is 0 Å². The minimum absolute atomic E-state index is 0.00555. The fraction of sp³-hybridized carbons (Fsp3) is 0.0909. The van der Waals surface area contributed by atoms with Crippen molar-refractivity contribution in [1.29, 1.82) is 0 Å². The maximum atomic E-state index is 13.3. The van der Waals surface area contributed by atoms with Crippen LogP contribution in [0.25, 0.3) is 10.9 Å². The number of amides is 1. The van der Waals surface area contributed by atoms with Crippen molar-refractivity contribution in [1.82, 2.24) is 10.2 Å². The molecule has 0 atom stereocenters. The minimum atomic E-state index is -4.49. The van der Waals surface area contributed by atoms with Crippen LogP contribution in [0.5, 0.6) is 5.75 Å². The van der Waals surface area contributed by atoms with Gasteiger partial charge in [0, 0.05) is 16.5 Å². The van der Waals surface area contributed by atoms with Crippen LogP contribution in [0, 0.1) is 5.82 Å². The zero-order chi connectivity index (χ0) is 22.9. The molecule has 0 radical (unpaired) electrons. The first-order valence-electron chi connectivity index (χ1n) is 9.25. The summed E-state index contributed by atoms with van der Waals surface area (Å²) in [5, 5.41) is 9.65. The van der Waals surface area contributed by atoms with E-state index in [1.165, 1.54) is 30.3 Å². The predicted octanol–water partition coefficient (Wildman–Crippen LogP) is 6.21. The van der Waals surface area contributed by atoms with Crippen molar-refractivity contribution in [3.63, 3.8) is 0 Å². The maximum absolute atomic E-state index is 13.3. The molecule has 1 amide bonds. The molecule has 0 spiro atoms. The SMILES string of the molecule is O=C(Nc1n[nH]c2ccc(OCc3ccccc3C(F)(F)F)cc12)c1ccc(F)c(Cl)c1. The van der Waals surface area contributed by atoms with Crippen LogP contribution in [-0.4, -0.2) is 16.1 Å². The first kappa shape index (κ1) is 21.6. The molecule has 3 aromatic carbocycles.